The first-order valence-corrected chi connectivity index (χ1v) is 14.5. The minimum atomic E-state index is -4.56. The Labute approximate surface area is 233 Å². The molecule has 2 aliphatic rings. The lowest BCUT2D eigenvalue weighted by Gasteiger charge is -2.25. The standard InChI is InChI=1S/C31H39F3N4O2/c1-20(2)38-28(11-14-35-38)25-10-9-23(17-27(25)31(32,33)34)29-18-26(30(39)36-24-12-15-40-16-13-24)21(3)37(29)19-22-7-5-4-6-8-22/h9-11,14,17-18,20,22,24H,4-8,12-13,15-16,19H2,1-3H3,(H,36,39). The molecule has 3 aromatic rings. The zero-order valence-corrected chi connectivity index (χ0v) is 23.6. The second-order valence-corrected chi connectivity index (χ2v) is 11.5. The van der Waals surface area contributed by atoms with E-state index < -0.39 is 11.7 Å². The van der Waals surface area contributed by atoms with Crippen LogP contribution < -0.4 is 5.32 Å². The maximum absolute atomic E-state index is 14.5. The molecule has 6 nitrogen and oxygen atoms in total. The topological polar surface area (TPSA) is 61.1 Å². The summed E-state index contributed by atoms with van der Waals surface area (Å²) < 4.78 is 52.6. The monoisotopic (exact) mass is 556 g/mol. The average molecular weight is 557 g/mol. The van der Waals surface area contributed by atoms with Crippen molar-refractivity contribution in [2.75, 3.05) is 13.2 Å². The van der Waals surface area contributed by atoms with E-state index in [0.717, 1.165) is 44.2 Å². The molecule has 1 saturated carbocycles. The van der Waals surface area contributed by atoms with Gasteiger partial charge in [-0.1, -0.05) is 31.4 Å². The second kappa shape index (κ2) is 11.8. The van der Waals surface area contributed by atoms with Crippen LogP contribution in [0.4, 0.5) is 13.2 Å². The Morgan fingerprint density at radius 3 is 2.45 bits per heavy atom. The molecule has 0 atom stereocenters. The van der Waals surface area contributed by atoms with Gasteiger partial charge in [0, 0.05) is 55.0 Å². The van der Waals surface area contributed by atoms with Crippen molar-refractivity contribution in [2.45, 2.75) is 90.5 Å². The number of ether oxygens (including phenoxy) is 1. The molecular formula is C31H39F3N4O2. The van der Waals surface area contributed by atoms with Crippen molar-refractivity contribution in [1.29, 1.82) is 0 Å². The third-order valence-electron chi connectivity index (χ3n) is 8.39. The predicted molar refractivity (Wildman–Crippen MR) is 149 cm³/mol. The lowest BCUT2D eigenvalue weighted by atomic mass is 9.89. The normalized spacial score (nSPS) is 17.5. The summed E-state index contributed by atoms with van der Waals surface area (Å²) in [6.45, 7) is 7.61. The summed E-state index contributed by atoms with van der Waals surface area (Å²) in [6.07, 6.45) is 4.20. The maximum atomic E-state index is 14.5. The first-order valence-electron chi connectivity index (χ1n) is 14.5. The molecule has 1 amide bonds. The molecule has 5 rings (SSSR count). The number of aromatic nitrogens is 3. The molecule has 1 saturated heterocycles. The fraction of sp³-hybridized carbons (Fsp3) is 0.548. The van der Waals surface area contributed by atoms with E-state index in [1.807, 2.05) is 20.8 Å². The van der Waals surface area contributed by atoms with Crippen molar-refractivity contribution >= 4 is 5.91 Å². The third-order valence-corrected chi connectivity index (χ3v) is 8.39. The minimum Gasteiger partial charge on any atom is -0.381 e. The van der Waals surface area contributed by atoms with E-state index in [9.17, 15) is 18.0 Å². The van der Waals surface area contributed by atoms with Gasteiger partial charge in [0.1, 0.15) is 0 Å². The number of nitrogens with zero attached hydrogens (tertiary/aromatic N) is 3. The largest absolute Gasteiger partial charge is 0.417 e. The number of benzene rings is 1. The summed E-state index contributed by atoms with van der Waals surface area (Å²) >= 11 is 0. The highest BCUT2D eigenvalue weighted by molar-refractivity contribution is 5.97. The van der Waals surface area contributed by atoms with Crippen molar-refractivity contribution in [3.05, 3.63) is 53.3 Å². The Morgan fingerprint density at radius 1 is 1.05 bits per heavy atom. The highest BCUT2D eigenvalue weighted by Gasteiger charge is 2.35. The van der Waals surface area contributed by atoms with Crippen LogP contribution in [0, 0.1) is 12.8 Å². The number of hydrogen-bond donors (Lipinski definition) is 1. The molecule has 1 aliphatic carbocycles. The molecule has 40 heavy (non-hydrogen) atoms. The Hall–Kier alpha value is -3.07. The molecule has 3 heterocycles. The van der Waals surface area contributed by atoms with E-state index in [1.165, 1.54) is 18.7 Å². The van der Waals surface area contributed by atoms with Gasteiger partial charge in [0.25, 0.3) is 5.91 Å². The fourth-order valence-corrected chi connectivity index (χ4v) is 6.18. The summed E-state index contributed by atoms with van der Waals surface area (Å²) in [4.78, 5) is 13.4. The van der Waals surface area contributed by atoms with Crippen LogP contribution in [0.1, 0.15) is 86.5 Å². The van der Waals surface area contributed by atoms with Gasteiger partial charge >= 0.3 is 6.18 Å². The Kier molecular flexibility index (Phi) is 8.40. The highest BCUT2D eigenvalue weighted by atomic mass is 19.4. The molecular weight excluding hydrogens is 517 g/mol. The smallest absolute Gasteiger partial charge is 0.381 e. The summed E-state index contributed by atoms with van der Waals surface area (Å²) in [5, 5.41) is 7.38. The van der Waals surface area contributed by atoms with E-state index in [4.69, 9.17) is 4.74 Å². The predicted octanol–water partition coefficient (Wildman–Crippen LogP) is 7.42. The number of nitrogens with one attached hydrogen (secondary N) is 1. The summed E-state index contributed by atoms with van der Waals surface area (Å²) in [5.41, 5.74) is 2.24. The number of alkyl halides is 3. The van der Waals surface area contributed by atoms with E-state index in [2.05, 4.69) is 15.0 Å². The van der Waals surface area contributed by atoms with Gasteiger partial charge in [-0.05, 0) is 76.1 Å². The van der Waals surface area contributed by atoms with Crippen molar-refractivity contribution < 1.29 is 22.7 Å². The summed E-state index contributed by atoms with van der Waals surface area (Å²) in [7, 11) is 0. The summed E-state index contributed by atoms with van der Waals surface area (Å²) in [5.74, 6) is 0.258. The second-order valence-electron chi connectivity index (χ2n) is 11.5. The first kappa shape index (κ1) is 28.5. The van der Waals surface area contributed by atoms with Crippen molar-refractivity contribution in [3.8, 4) is 22.5 Å². The van der Waals surface area contributed by atoms with Crippen LogP contribution in [-0.4, -0.2) is 39.5 Å². The SMILES string of the molecule is Cc1c(C(=O)NC2CCOCC2)cc(-c2ccc(-c3ccnn3C(C)C)c(C(F)(F)F)c2)n1CC1CCCCC1. The van der Waals surface area contributed by atoms with Crippen LogP contribution in [0.15, 0.2) is 36.5 Å². The average Bonchev–Trinajstić information content (AvgIpc) is 3.55. The van der Waals surface area contributed by atoms with Crippen LogP contribution >= 0.6 is 0 Å². The molecule has 1 aliphatic heterocycles. The number of carbonyl (C=O) groups excluding carboxylic acids is 1. The molecule has 0 unspecified atom stereocenters. The molecule has 1 N–H and O–H groups in total. The van der Waals surface area contributed by atoms with Gasteiger partial charge in [-0.3, -0.25) is 9.48 Å². The molecule has 0 radical (unpaired) electrons. The molecule has 2 aromatic heterocycles. The number of carbonyl (C=O) groups is 1. The van der Waals surface area contributed by atoms with Gasteiger partial charge < -0.3 is 14.6 Å². The molecule has 0 spiro atoms. The van der Waals surface area contributed by atoms with Crippen LogP contribution in [0.25, 0.3) is 22.5 Å². The number of rotatable bonds is 7. The van der Waals surface area contributed by atoms with Gasteiger partial charge in [-0.15, -0.1) is 0 Å². The third kappa shape index (κ3) is 5.99. The Morgan fingerprint density at radius 2 is 1.77 bits per heavy atom. The number of hydrogen-bond acceptors (Lipinski definition) is 3. The van der Waals surface area contributed by atoms with E-state index in [1.54, 1.807) is 28.9 Å². The number of halogens is 3. The number of amides is 1. The molecule has 0 bridgehead atoms. The maximum Gasteiger partial charge on any atom is 0.417 e. The van der Waals surface area contributed by atoms with Crippen LogP contribution in [0.5, 0.6) is 0 Å². The van der Waals surface area contributed by atoms with Crippen LogP contribution in [-0.2, 0) is 17.5 Å². The molecule has 9 heteroatoms. The van der Waals surface area contributed by atoms with E-state index in [-0.39, 0.29) is 23.6 Å². The van der Waals surface area contributed by atoms with Crippen LogP contribution in [0.2, 0.25) is 0 Å². The first-order chi connectivity index (χ1) is 19.1. The van der Waals surface area contributed by atoms with Gasteiger partial charge in [0.15, 0.2) is 0 Å². The van der Waals surface area contributed by atoms with Gasteiger partial charge in [-0.2, -0.15) is 18.3 Å². The minimum absolute atomic E-state index is 0.0349. The zero-order chi connectivity index (χ0) is 28.4. The highest BCUT2D eigenvalue weighted by Crippen LogP contribution is 2.41. The Bertz CT molecular complexity index is 1330. The lowest BCUT2D eigenvalue weighted by molar-refractivity contribution is -0.137. The fourth-order valence-electron chi connectivity index (χ4n) is 6.18. The van der Waals surface area contributed by atoms with E-state index >= 15 is 0 Å². The van der Waals surface area contributed by atoms with Gasteiger partial charge in [0.2, 0.25) is 0 Å². The van der Waals surface area contributed by atoms with Gasteiger partial charge in [0.05, 0.1) is 16.8 Å². The van der Waals surface area contributed by atoms with Crippen molar-refractivity contribution in [1.82, 2.24) is 19.7 Å². The molecule has 216 valence electrons. The van der Waals surface area contributed by atoms with E-state index in [0.29, 0.717) is 48.2 Å². The molecule has 2 fully saturated rings. The van der Waals surface area contributed by atoms with Crippen molar-refractivity contribution in [2.24, 2.45) is 5.92 Å². The zero-order valence-electron chi connectivity index (χ0n) is 23.6. The summed E-state index contributed by atoms with van der Waals surface area (Å²) in [6, 6.07) is 7.88. The molecule has 1 aromatic carbocycles. The van der Waals surface area contributed by atoms with Gasteiger partial charge in [-0.25, -0.2) is 0 Å². The quantitative estimate of drug-likeness (QED) is 0.330. The van der Waals surface area contributed by atoms with Crippen molar-refractivity contribution in [3.63, 3.8) is 0 Å². The Balaban J connectivity index is 1.57. The van der Waals surface area contributed by atoms with Crippen LogP contribution in [0.3, 0.4) is 0 Å². The lowest BCUT2D eigenvalue weighted by Crippen LogP contribution is -2.39.